The zero-order chi connectivity index (χ0) is 11.4. The molecule has 0 radical (unpaired) electrons. The molecule has 1 unspecified atom stereocenters. The summed E-state index contributed by atoms with van der Waals surface area (Å²) in [5.41, 5.74) is 2.65. The van der Waals surface area contributed by atoms with Crippen molar-refractivity contribution in [3.63, 3.8) is 0 Å². The van der Waals surface area contributed by atoms with Gasteiger partial charge in [-0.3, -0.25) is 0 Å². The van der Waals surface area contributed by atoms with Gasteiger partial charge in [0.15, 0.2) is 0 Å². The Balaban J connectivity index is 2.29. The third kappa shape index (κ3) is 2.73. The Hall–Kier alpha value is -0.640. The lowest BCUT2D eigenvalue weighted by molar-refractivity contribution is 0.632. The van der Waals surface area contributed by atoms with E-state index >= 15 is 0 Å². The van der Waals surface area contributed by atoms with Crippen LogP contribution in [0.25, 0.3) is 0 Å². The largest absolute Gasteiger partial charge is 0.307 e. The van der Waals surface area contributed by atoms with Crippen LogP contribution in [-0.4, -0.2) is 6.54 Å². The molecule has 84 valence electrons. The van der Waals surface area contributed by atoms with Crippen LogP contribution >= 0.6 is 27.3 Å². The number of hydrogen-bond acceptors (Lipinski definition) is 2. The first-order valence-electron chi connectivity index (χ1n) is 5.32. The minimum absolute atomic E-state index is 0.310. The van der Waals surface area contributed by atoms with E-state index < -0.39 is 0 Å². The summed E-state index contributed by atoms with van der Waals surface area (Å²) in [6.45, 7) is 3.11. The molecule has 1 aromatic carbocycles. The number of benzene rings is 1. The van der Waals surface area contributed by atoms with Crippen LogP contribution in [-0.2, 0) is 0 Å². The van der Waals surface area contributed by atoms with Crippen molar-refractivity contribution in [3.05, 3.63) is 56.7 Å². The van der Waals surface area contributed by atoms with Crippen molar-refractivity contribution in [2.45, 2.75) is 13.0 Å². The van der Waals surface area contributed by atoms with Gasteiger partial charge in [0.1, 0.15) is 0 Å². The van der Waals surface area contributed by atoms with E-state index in [4.69, 9.17) is 0 Å². The van der Waals surface area contributed by atoms with E-state index in [-0.39, 0.29) is 0 Å². The summed E-state index contributed by atoms with van der Waals surface area (Å²) in [5, 5.41) is 7.84. The molecule has 2 rings (SSSR count). The molecule has 1 aromatic heterocycles. The number of halogens is 1. The van der Waals surface area contributed by atoms with Gasteiger partial charge >= 0.3 is 0 Å². The molecule has 1 N–H and O–H groups in total. The summed E-state index contributed by atoms with van der Waals surface area (Å²) < 4.78 is 1.12. The molecule has 0 spiro atoms. The molecule has 1 heterocycles. The minimum Gasteiger partial charge on any atom is -0.307 e. The van der Waals surface area contributed by atoms with Gasteiger partial charge in [-0.2, -0.15) is 11.3 Å². The zero-order valence-corrected chi connectivity index (χ0v) is 11.5. The van der Waals surface area contributed by atoms with Crippen LogP contribution in [0.1, 0.15) is 24.1 Å². The highest BCUT2D eigenvalue weighted by atomic mass is 79.9. The van der Waals surface area contributed by atoms with E-state index in [9.17, 15) is 0 Å². The van der Waals surface area contributed by atoms with Gasteiger partial charge in [0.25, 0.3) is 0 Å². The quantitative estimate of drug-likeness (QED) is 0.891. The topological polar surface area (TPSA) is 12.0 Å². The molecule has 0 saturated carbocycles. The molecule has 1 atom stereocenters. The molecule has 0 fully saturated rings. The monoisotopic (exact) mass is 295 g/mol. The lowest BCUT2D eigenvalue weighted by Gasteiger charge is -2.17. The summed E-state index contributed by atoms with van der Waals surface area (Å²) >= 11 is 5.21. The first-order valence-corrected chi connectivity index (χ1v) is 7.05. The Morgan fingerprint density at radius 1 is 1.19 bits per heavy atom. The van der Waals surface area contributed by atoms with Crippen molar-refractivity contribution in [1.82, 2.24) is 5.32 Å². The average Bonchev–Trinajstić information content (AvgIpc) is 2.81. The number of nitrogens with one attached hydrogen (secondary N) is 1. The molecule has 0 bridgehead atoms. The van der Waals surface area contributed by atoms with Crippen molar-refractivity contribution in [2.24, 2.45) is 0 Å². The van der Waals surface area contributed by atoms with Crippen molar-refractivity contribution in [1.29, 1.82) is 0 Å². The van der Waals surface area contributed by atoms with E-state index in [1.54, 1.807) is 11.3 Å². The first-order chi connectivity index (χ1) is 7.81. The van der Waals surface area contributed by atoms with Crippen LogP contribution in [0, 0.1) is 0 Å². The van der Waals surface area contributed by atoms with Crippen LogP contribution < -0.4 is 5.32 Å². The van der Waals surface area contributed by atoms with Gasteiger partial charge in [0.05, 0.1) is 6.04 Å². The SMILES string of the molecule is CCNC(c1ccc(Br)cc1)c1ccsc1. The summed E-state index contributed by atoms with van der Waals surface area (Å²) in [6, 6.07) is 11.0. The molecule has 0 aliphatic rings. The lowest BCUT2D eigenvalue weighted by Crippen LogP contribution is -2.21. The van der Waals surface area contributed by atoms with Gasteiger partial charge in [-0.1, -0.05) is 35.0 Å². The lowest BCUT2D eigenvalue weighted by atomic mass is 10.0. The van der Waals surface area contributed by atoms with E-state index in [0.29, 0.717) is 6.04 Å². The summed E-state index contributed by atoms with van der Waals surface area (Å²) in [6.07, 6.45) is 0. The smallest absolute Gasteiger partial charge is 0.0584 e. The number of thiophene rings is 1. The molecule has 0 aliphatic heterocycles. The molecular formula is C13H14BrNS. The average molecular weight is 296 g/mol. The van der Waals surface area contributed by atoms with Gasteiger partial charge in [0, 0.05) is 4.47 Å². The maximum Gasteiger partial charge on any atom is 0.0584 e. The minimum atomic E-state index is 0.310. The Bertz CT molecular complexity index is 422. The molecule has 16 heavy (non-hydrogen) atoms. The van der Waals surface area contributed by atoms with E-state index in [1.807, 2.05) is 0 Å². The zero-order valence-electron chi connectivity index (χ0n) is 9.11. The Labute approximate surface area is 109 Å². The second-order valence-electron chi connectivity index (χ2n) is 3.60. The fourth-order valence-corrected chi connectivity index (χ4v) is 2.68. The fraction of sp³-hybridized carbons (Fsp3) is 0.231. The van der Waals surface area contributed by atoms with Crippen LogP contribution in [0.5, 0.6) is 0 Å². The van der Waals surface area contributed by atoms with E-state index in [1.165, 1.54) is 11.1 Å². The van der Waals surface area contributed by atoms with Crippen molar-refractivity contribution in [3.8, 4) is 0 Å². The van der Waals surface area contributed by atoms with Gasteiger partial charge in [0.2, 0.25) is 0 Å². The van der Waals surface area contributed by atoms with Crippen LogP contribution in [0.2, 0.25) is 0 Å². The Morgan fingerprint density at radius 3 is 2.50 bits per heavy atom. The Morgan fingerprint density at radius 2 is 1.94 bits per heavy atom. The molecular weight excluding hydrogens is 282 g/mol. The Kier molecular flexibility index (Phi) is 4.16. The summed E-state index contributed by atoms with van der Waals surface area (Å²) in [5.74, 6) is 0. The molecule has 2 aromatic rings. The summed E-state index contributed by atoms with van der Waals surface area (Å²) in [4.78, 5) is 0. The van der Waals surface area contributed by atoms with E-state index in [2.05, 4.69) is 69.3 Å². The van der Waals surface area contributed by atoms with Gasteiger partial charge in [-0.05, 0) is 46.6 Å². The normalized spacial score (nSPS) is 12.6. The van der Waals surface area contributed by atoms with Crippen molar-refractivity contribution in [2.75, 3.05) is 6.54 Å². The second-order valence-corrected chi connectivity index (χ2v) is 5.29. The highest BCUT2D eigenvalue weighted by Gasteiger charge is 2.12. The third-order valence-corrected chi connectivity index (χ3v) is 3.72. The van der Waals surface area contributed by atoms with Crippen LogP contribution in [0.3, 0.4) is 0 Å². The maximum atomic E-state index is 3.51. The van der Waals surface area contributed by atoms with Gasteiger partial charge in [-0.15, -0.1) is 0 Å². The number of hydrogen-bond donors (Lipinski definition) is 1. The predicted octanol–water partition coefficient (Wildman–Crippen LogP) is 4.21. The summed E-state index contributed by atoms with van der Waals surface area (Å²) in [7, 11) is 0. The van der Waals surface area contributed by atoms with Crippen LogP contribution in [0.4, 0.5) is 0 Å². The van der Waals surface area contributed by atoms with Crippen LogP contribution in [0.15, 0.2) is 45.6 Å². The standard InChI is InChI=1S/C13H14BrNS/c1-2-15-13(11-7-8-16-9-11)10-3-5-12(14)6-4-10/h3-9,13,15H,2H2,1H3. The molecule has 1 nitrogen and oxygen atoms in total. The molecule has 0 saturated heterocycles. The predicted molar refractivity (Wildman–Crippen MR) is 74.0 cm³/mol. The van der Waals surface area contributed by atoms with Gasteiger partial charge < -0.3 is 5.32 Å². The van der Waals surface area contributed by atoms with Crippen molar-refractivity contribution < 1.29 is 0 Å². The second kappa shape index (κ2) is 5.62. The van der Waals surface area contributed by atoms with Crippen molar-refractivity contribution >= 4 is 27.3 Å². The first kappa shape index (κ1) is 11.8. The molecule has 0 amide bonds. The molecule has 3 heteroatoms. The highest BCUT2D eigenvalue weighted by molar-refractivity contribution is 9.10. The molecule has 0 aliphatic carbocycles. The number of rotatable bonds is 4. The third-order valence-electron chi connectivity index (χ3n) is 2.49. The maximum absolute atomic E-state index is 3.51. The fourth-order valence-electron chi connectivity index (χ4n) is 1.73. The highest BCUT2D eigenvalue weighted by Crippen LogP contribution is 2.25. The van der Waals surface area contributed by atoms with Gasteiger partial charge in [-0.25, -0.2) is 0 Å². The van der Waals surface area contributed by atoms with E-state index in [0.717, 1.165) is 11.0 Å².